The summed E-state index contributed by atoms with van der Waals surface area (Å²) in [6, 6.07) is 0. The summed E-state index contributed by atoms with van der Waals surface area (Å²) in [4.78, 5) is 0. The molecule has 1 fully saturated rings. The molecule has 0 aromatic heterocycles. The fourth-order valence-corrected chi connectivity index (χ4v) is 4.54. The molecule has 0 spiro atoms. The molecule has 21 heavy (non-hydrogen) atoms. The van der Waals surface area contributed by atoms with Crippen LogP contribution in [0.2, 0.25) is 0 Å². The van der Waals surface area contributed by atoms with Crippen molar-refractivity contribution in [2.24, 2.45) is 23.7 Å². The minimum Gasteiger partial charge on any atom is -0.389 e. The second-order valence-electron chi connectivity index (χ2n) is 7.38. The van der Waals surface area contributed by atoms with E-state index in [0.29, 0.717) is 0 Å². The van der Waals surface area contributed by atoms with Gasteiger partial charge in [0.05, 0.1) is 0 Å². The average Bonchev–Trinajstić information content (AvgIpc) is 2.77. The van der Waals surface area contributed by atoms with Gasteiger partial charge in [-0.3, -0.25) is 0 Å². The summed E-state index contributed by atoms with van der Waals surface area (Å²) in [5.41, 5.74) is 1.10. The molecule has 1 aliphatic carbocycles. The highest BCUT2D eigenvalue weighted by Crippen LogP contribution is 2.46. The van der Waals surface area contributed by atoms with Crippen molar-refractivity contribution in [3.8, 4) is 0 Å². The summed E-state index contributed by atoms with van der Waals surface area (Å²) in [5, 5.41) is 3.32. The highest BCUT2D eigenvalue weighted by atomic mass is 14.9. The maximum absolute atomic E-state index is 3.87. The Labute approximate surface area is 134 Å². The molecule has 1 aliphatic rings. The van der Waals surface area contributed by atoms with E-state index in [1.165, 1.54) is 57.8 Å². The van der Waals surface area contributed by atoms with Crippen LogP contribution in [0.15, 0.2) is 12.3 Å². The summed E-state index contributed by atoms with van der Waals surface area (Å²) in [7, 11) is 0. The zero-order valence-corrected chi connectivity index (χ0v) is 15.1. The van der Waals surface area contributed by atoms with Crippen LogP contribution in [-0.2, 0) is 0 Å². The minimum atomic E-state index is 0.972. The zero-order valence-electron chi connectivity index (χ0n) is 15.1. The maximum atomic E-state index is 3.87. The Morgan fingerprint density at radius 1 is 1.00 bits per heavy atom. The van der Waals surface area contributed by atoms with Crippen molar-refractivity contribution >= 4 is 0 Å². The standard InChI is InChI=1S/C20H39N/c1-6-18-15-17(5)20(19(18)7-2)13-11-9-8-10-12-14-21-16(3)4/h17-21H,3,6-15H2,1-2,4-5H3. The number of hydrogen-bond donors (Lipinski definition) is 1. The number of unbranched alkanes of at least 4 members (excludes halogenated alkanes) is 4. The smallest absolute Gasteiger partial charge is 0.0143 e. The Hall–Kier alpha value is -0.460. The van der Waals surface area contributed by atoms with E-state index in [4.69, 9.17) is 0 Å². The van der Waals surface area contributed by atoms with Crippen LogP contribution in [0.3, 0.4) is 0 Å². The molecule has 0 aromatic rings. The Balaban J connectivity index is 2.10. The lowest BCUT2D eigenvalue weighted by molar-refractivity contribution is 0.255. The van der Waals surface area contributed by atoms with Crippen molar-refractivity contribution in [1.82, 2.24) is 5.32 Å². The molecule has 0 heterocycles. The van der Waals surface area contributed by atoms with Gasteiger partial charge in [0.25, 0.3) is 0 Å². The topological polar surface area (TPSA) is 12.0 Å². The van der Waals surface area contributed by atoms with E-state index in [1.807, 2.05) is 6.92 Å². The lowest BCUT2D eigenvalue weighted by Crippen LogP contribution is -2.16. The van der Waals surface area contributed by atoms with E-state index in [-0.39, 0.29) is 0 Å². The third-order valence-electron chi connectivity index (χ3n) is 5.70. The molecule has 1 rings (SSSR count). The van der Waals surface area contributed by atoms with Gasteiger partial charge in [0, 0.05) is 12.2 Å². The number of rotatable bonds is 11. The van der Waals surface area contributed by atoms with Gasteiger partial charge < -0.3 is 5.32 Å². The third-order valence-corrected chi connectivity index (χ3v) is 5.70. The number of nitrogens with one attached hydrogen (secondary N) is 1. The van der Waals surface area contributed by atoms with E-state index in [1.54, 1.807) is 0 Å². The van der Waals surface area contributed by atoms with Crippen LogP contribution in [0.25, 0.3) is 0 Å². The van der Waals surface area contributed by atoms with Gasteiger partial charge in [0.2, 0.25) is 0 Å². The summed E-state index contributed by atoms with van der Waals surface area (Å²) < 4.78 is 0. The monoisotopic (exact) mass is 293 g/mol. The predicted octanol–water partition coefficient (Wildman–Crippen LogP) is 6.16. The van der Waals surface area contributed by atoms with E-state index < -0.39 is 0 Å². The van der Waals surface area contributed by atoms with E-state index >= 15 is 0 Å². The fourth-order valence-electron chi connectivity index (χ4n) is 4.54. The summed E-state index contributed by atoms with van der Waals surface area (Å²) in [5.74, 6) is 4.03. The first-order chi connectivity index (χ1) is 10.1. The Kier molecular flexibility index (Phi) is 9.11. The van der Waals surface area contributed by atoms with Crippen molar-refractivity contribution in [2.75, 3.05) is 6.54 Å². The van der Waals surface area contributed by atoms with Gasteiger partial charge >= 0.3 is 0 Å². The highest BCUT2D eigenvalue weighted by Gasteiger charge is 2.37. The molecule has 1 saturated carbocycles. The molecule has 1 heteroatoms. The SMILES string of the molecule is C=C(C)NCCCCCCCC1C(C)CC(CC)C1CC. The van der Waals surface area contributed by atoms with E-state index in [9.17, 15) is 0 Å². The summed E-state index contributed by atoms with van der Waals surface area (Å²) in [6.45, 7) is 14.3. The minimum absolute atomic E-state index is 0.972. The molecule has 0 bridgehead atoms. The van der Waals surface area contributed by atoms with Gasteiger partial charge in [0.1, 0.15) is 0 Å². The quantitative estimate of drug-likeness (QED) is 0.450. The molecule has 4 atom stereocenters. The van der Waals surface area contributed by atoms with Gasteiger partial charge in [-0.15, -0.1) is 0 Å². The average molecular weight is 294 g/mol. The van der Waals surface area contributed by atoms with Crippen LogP contribution < -0.4 is 5.32 Å². The molecular weight excluding hydrogens is 254 g/mol. The Morgan fingerprint density at radius 3 is 2.29 bits per heavy atom. The first-order valence-electron chi connectivity index (χ1n) is 9.49. The van der Waals surface area contributed by atoms with E-state index in [0.717, 1.165) is 35.9 Å². The molecule has 0 saturated heterocycles. The first kappa shape index (κ1) is 18.6. The van der Waals surface area contributed by atoms with Gasteiger partial charge in [-0.05, 0) is 49.9 Å². The predicted molar refractivity (Wildman–Crippen MR) is 95.4 cm³/mol. The van der Waals surface area contributed by atoms with Crippen LogP contribution in [-0.4, -0.2) is 6.54 Å². The molecule has 0 aliphatic heterocycles. The second-order valence-corrected chi connectivity index (χ2v) is 7.38. The fraction of sp³-hybridized carbons (Fsp3) is 0.900. The molecule has 0 amide bonds. The van der Waals surface area contributed by atoms with Crippen molar-refractivity contribution < 1.29 is 0 Å². The van der Waals surface area contributed by atoms with Gasteiger partial charge in [-0.25, -0.2) is 0 Å². The molecule has 1 N–H and O–H groups in total. The molecule has 0 aromatic carbocycles. The highest BCUT2D eigenvalue weighted by molar-refractivity contribution is 4.87. The molecular formula is C20H39N. The second kappa shape index (κ2) is 10.3. The Bertz CT molecular complexity index is 284. The van der Waals surface area contributed by atoms with Crippen LogP contribution in [0.1, 0.15) is 85.5 Å². The van der Waals surface area contributed by atoms with Gasteiger partial charge in [0.15, 0.2) is 0 Å². The number of allylic oxidation sites excluding steroid dienone is 1. The largest absolute Gasteiger partial charge is 0.389 e. The molecule has 4 unspecified atom stereocenters. The zero-order chi connectivity index (χ0) is 15.7. The van der Waals surface area contributed by atoms with E-state index in [2.05, 4.69) is 32.7 Å². The van der Waals surface area contributed by atoms with Crippen molar-refractivity contribution in [3.63, 3.8) is 0 Å². The Morgan fingerprint density at radius 2 is 1.67 bits per heavy atom. The van der Waals surface area contributed by atoms with Crippen molar-refractivity contribution in [2.45, 2.75) is 85.5 Å². The molecule has 0 radical (unpaired) electrons. The molecule has 1 nitrogen and oxygen atoms in total. The lowest BCUT2D eigenvalue weighted by atomic mass is 9.81. The summed E-state index contributed by atoms with van der Waals surface area (Å²) in [6.07, 6.45) is 12.7. The van der Waals surface area contributed by atoms with Gasteiger partial charge in [-0.1, -0.05) is 65.9 Å². The normalized spacial score (nSPS) is 28.8. The van der Waals surface area contributed by atoms with Gasteiger partial charge in [-0.2, -0.15) is 0 Å². The molecule has 124 valence electrons. The third kappa shape index (κ3) is 6.45. The van der Waals surface area contributed by atoms with Crippen LogP contribution in [0.5, 0.6) is 0 Å². The lowest BCUT2D eigenvalue weighted by Gasteiger charge is -2.24. The van der Waals surface area contributed by atoms with Crippen LogP contribution in [0, 0.1) is 23.7 Å². The van der Waals surface area contributed by atoms with Crippen LogP contribution in [0.4, 0.5) is 0 Å². The van der Waals surface area contributed by atoms with Crippen molar-refractivity contribution in [3.05, 3.63) is 12.3 Å². The number of hydrogen-bond acceptors (Lipinski definition) is 1. The first-order valence-corrected chi connectivity index (χ1v) is 9.49. The van der Waals surface area contributed by atoms with Crippen molar-refractivity contribution in [1.29, 1.82) is 0 Å². The maximum Gasteiger partial charge on any atom is 0.0143 e. The van der Waals surface area contributed by atoms with Crippen LogP contribution >= 0.6 is 0 Å². The summed E-state index contributed by atoms with van der Waals surface area (Å²) >= 11 is 0.